The third-order valence-electron chi connectivity index (χ3n) is 5.30. The van der Waals surface area contributed by atoms with Gasteiger partial charge in [0.15, 0.2) is 11.5 Å². The van der Waals surface area contributed by atoms with Crippen molar-refractivity contribution in [3.05, 3.63) is 76.4 Å². The summed E-state index contributed by atoms with van der Waals surface area (Å²) in [6, 6.07) is 17.1. The standard InChI is InChI=1S/C26H26N2O4/c1-4-5-13-28-25(29)21(18(2)22(16-27)26(28)30)14-20-11-12-23(24(15-20)31-3)32-17-19-9-7-6-8-10-19/h6-12,14-15H,4-5,13,17H2,1-3H3/b21-14+. The second-order valence-corrected chi connectivity index (χ2v) is 7.47. The molecular formula is C26H26N2O4. The van der Waals surface area contributed by atoms with Gasteiger partial charge in [0.05, 0.1) is 7.11 Å². The van der Waals surface area contributed by atoms with E-state index in [1.54, 1.807) is 32.2 Å². The quantitative estimate of drug-likeness (QED) is 0.449. The van der Waals surface area contributed by atoms with Crippen molar-refractivity contribution in [2.75, 3.05) is 13.7 Å². The van der Waals surface area contributed by atoms with Crippen LogP contribution in [0.1, 0.15) is 37.8 Å². The topological polar surface area (TPSA) is 79.6 Å². The van der Waals surface area contributed by atoms with Crippen LogP contribution < -0.4 is 9.47 Å². The van der Waals surface area contributed by atoms with E-state index in [0.717, 1.165) is 16.9 Å². The molecule has 164 valence electrons. The van der Waals surface area contributed by atoms with E-state index in [1.165, 1.54) is 0 Å². The number of carbonyl (C=O) groups is 2. The lowest BCUT2D eigenvalue weighted by molar-refractivity contribution is -0.140. The Morgan fingerprint density at radius 3 is 2.47 bits per heavy atom. The van der Waals surface area contributed by atoms with Crippen molar-refractivity contribution in [3.63, 3.8) is 0 Å². The molecule has 6 heteroatoms. The second kappa shape index (κ2) is 10.5. The van der Waals surface area contributed by atoms with Gasteiger partial charge in [-0.25, -0.2) is 0 Å². The molecule has 2 amide bonds. The highest BCUT2D eigenvalue weighted by molar-refractivity contribution is 6.19. The van der Waals surface area contributed by atoms with Gasteiger partial charge in [0.1, 0.15) is 18.2 Å². The van der Waals surface area contributed by atoms with Crippen molar-refractivity contribution in [2.45, 2.75) is 33.3 Å². The number of rotatable bonds is 8. The fraction of sp³-hybridized carbons (Fsp3) is 0.269. The Hall–Kier alpha value is -3.85. The zero-order valence-electron chi connectivity index (χ0n) is 18.6. The molecule has 0 aromatic heterocycles. The number of hydrogen-bond donors (Lipinski definition) is 0. The maximum absolute atomic E-state index is 13.0. The summed E-state index contributed by atoms with van der Waals surface area (Å²) in [7, 11) is 1.55. The Bertz CT molecular complexity index is 1110. The van der Waals surface area contributed by atoms with Crippen LogP contribution in [0.4, 0.5) is 0 Å². The van der Waals surface area contributed by atoms with Crippen molar-refractivity contribution in [1.82, 2.24) is 4.90 Å². The van der Waals surface area contributed by atoms with Crippen molar-refractivity contribution < 1.29 is 19.1 Å². The number of ether oxygens (including phenoxy) is 2. The minimum Gasteiger partial charge on any atom is -0.493 e. The number of unbranched alkanes of at least 4 members (excludes halogenated alkanes) is 1. The van der Waals surface area contributed by atoms with Gasteiger partial charge in [-0.15, -0.1) is 0 Å². The number of methoxy groups -OCH3 is 1. The first-order valence-corrected chi connectivity index (χ1v) is 10.5. The molecule has 0 fully saturated rings. The first kappa shape index (κ1) is 22.8. The van der Waals surface area contributed by atoms with Gasteiger partial charge >= 0.3 is 0 Å². The fourth-order valence-corrected chi connectivity index (χ4v) is 3.44. The molecule has 0 spiro atoms. The maximum Gasteiger partial charge on any atom is 0.271 e. The summed E-state index contributed by atoms with van der Waals surface area (Å²) in [4.78, 5) is 26.8. The molecule has 0 bridgehead atoms. The summed E-state index contributed by atoms with van der Waals surface area (Å²) < 4.78 is 11.4. The van der Waals surface area contributed by atoms with Gasteiger partial charge in [0.25, 0.3) is 11.8 Å². The Kier molecular flexibility index (Phi) is 7.45. The van der Waals surface area contributed by atoms with E-state index < -0.39 is 5.91 Å². The number of amides is 2. The van der Waals surface area contributed by atoms with Crippen LogP contribution in [0.2, 0.25) is 0 Å². The fourth-order valence-electron chi connectivity index (χ4n) is 3.44. The summed E-state index contributed by atoms with van der Waals surface area (Å²) in [5.41, 5.74) is 2.46. The highest BCUT2D eigenvalue weighted by Crippen LogP contribution is 2.32. The van der Waals surface area contributed by atoms with Crippen LogP contribution in [0.25, 0.3) is 6.08 Å². The highest BCUT2D eigenvalue weighted by atomic mass is 16.5. The molecule has 0 aliphatic carbocycles. The van der Waals surface area contributed by atoms with Gasteiger partial charge in [-0.3, -0.25) is 14.5 Å². The number of nitrogens with zero attached hydrogens (tertiary/aromatic N) is 2. The van der Waals surface area contributed by atoms with Crippen LogP contribution in [0, 0.1) is 11.3 Å². The van der Waals surface area contributed by atoms with E-state index >= 15 is 0 Å². The predicted molar refractivity (Wildman–Crippen MR) is 122 cm³/mol. The zero-order chi connectivity index (χ0) is 23.1. The van der Waals surface area contributed by atoms with Gasteiger partial charge in [-0.05, 0) is 48.3 Å². The molecule has 0 saturated carbocycles. The molecule has 0 N–H and O–H groups in total. The molecule has 2 aromatic carbocycles. The first-order valence-electron chi connectivity index (χ1n) is 10.5. The largest absolute Gasteiger partial charge is 0.493 e. The average molecular weight is 431 g/mol. The molecule has 1 heterocycles. The highest BCUT2D eigenvalue weighted by Gasteiger charge is 2.34. The molecule has 2 aromatic rings. The van der Waals surface area contributed by atoms with Crippen LogP contribution in [-0.4, -0.2) is 30.4 Å². The van der Waals surface area contributed by atoms with Crippen molar-refractivity contribution in [2.24, 2.45) is 0 Å². The smallest absolute Gasteiger partial charge is 0.271 e. The summed E-state index contributed by atoms with van der Waals surface area (Å²) in [6.45, 7) is 4.30. The van der Waals surface area contributed by atoms with Crippen LogP contribution in [0.5, 0.6) is 11.5 Å². The maximum atomic E-state index is 13.0. The molecule has 0 unspecified atom stereocenters. The predicted octanol–water partition coefficient (Wildman–Crippen LogP) is 4.67. The summed E-state index contributed by atoms with van der Waals surface area (Å²) >= 11 is 0. The lowest BCUT2D eigenvalue weighted by Crippen LogP contribution is -2.43. The molecule has 6 nitrogen and oxygen atoms in total. The van der Waals surface area contributed by atoms with E-state index in [1.807, 2.05) is 49.4 Å². The molecule has 3 rings (SSSR count). The van der Waals surface area contributed by atoms with Crippen LogP contribution in [0.3, 0.4) is 0 Å². The van der Waals surface area contributed by atoms with Crippen molar-refractivity contribution >= 4 is 17.9 Å². The Morgan fingerprint density at radius 1 is 1.06 bits per heavy atom. The van der Waals surface area contributed by atoms with E-state index in [9.17, 15) is 14.9 Å². The third kappa shape index (κ3) is 4.89. The van der Waals surface area contributed by atoms with Gasteiger partial charge in [0.2, 0.25) is 0 Å². The monoisotopic (exact) mass is 430 g/mol. The van der Waals surface area contributed by atoms with Crippen LogP contribution in [-0.2, 0) is 16.2 Å². The van der Waals surface area contributed by atoms with Crippen LogP contribution in [0.15, 0.2) is 65.3 Å². The third-order valence-corrected chi connectivity index (χ3v) is 5.30. The lowest BCUT2D eigenvalue weighted by Gasteiger charge is -2.27. The Balaban J connectivity index is 1.91. The second-order valence-electron chi connectivity index (χ2n) is 7.47. The van der Waals surface area contributed by atoms with Crippen LogP contribution >= 0.6 is 0 Å². The summed E-state index contributed by atoms with van der Waals surface area (Å²) in [6.07, 6.45) is 3.20. The van der Waals surface area contributed by atoms with E-state index in [2.05, 4.69) is 0 Å². The normalized spacial score (nSPS) is 15.2. The number of benzene rings is 2. The number of imide groups is 1. The van der Waals surface area contributed by atoms with Crippen molar-refractivity contribution in [1.29, 1.82) is 5.26 Å². The number of nitriles is 1. The molecule has 1 aliphatic rings. The van der Waals surface area contributed by atoms with Gasteiger partial charge in [-0.2, -0.15) is 5.26 Å². The summed E-state index contributed by atoms with van der Waals surface area (Å²) in [5.74, 6) is 0.198. The lowest BCUT2D eigenvalue weighted by atomic mass is 9.93. The van der Waals surface area contributed by atoms with Gasteiger partial charge in [0, 0.05) is 12.1 Å². The molecular weight excluding hydrogens is 404 g/mol. The SMILES string of the molecule is CCCCN1C(=O)C(C#N)=C(C)/C(=C\c2ccc(OCc3ccccc3)c(OC)c2)C1=O. The van der Waals surface area contributed by atoms with E-state index in [-0.39, 0.29) is 11.5 Å². The Morgan fingerprint density at radius 2 is 1.81 bits per heavy atom. The summed E-state index contributed by atoms with van der Waals surface area (Å²) in [5, 5.41) is 9.49. The van der Waals surface area contributed by atoms with E-state index in [0.29, 0.717) is 47.8 Å². The molecule has 0 radical (unpaired) electrons. The van der Waals surface area contributed by atoms with Gasteiger partial charge < -0.3 is 9.47 Å². The molecule has 1 aliphatic heterocycles. The minimum atomic E-state index is -0.525. The number of hydrogen-bond acceptors (Lipinski definition) is 5. The zero-order valence-corrected chi connectivity index (χ0v) is 18.6. The molecule has 0 saturated heterocycles. The first-order chi connectivity index (χ1) is 15.5. The van der Waals surface area contributed by atoms with Gasteiger partial charge in [-0.1, -0.05) is 49.7 Å². The molecule has 32 heavy (non-hydrogen) atoms. The average Bonchev–Trinajstić information content (AvgIpc) is 2.81. The molecule has 0 atom stereocenters. The number of carbonyl (C=O) groups excluding carboxylic acids is 2. The van der Waals surface area contributed by atoms with E-state index in [4.69, 9.17) is 9.47 Å². The van der Waals surface area contributed by atoms with Crippen molar-refractivity contribution in [3.8, 4) is 17.6 Å². The Labute approximate surface area is 188 Å². The minimum absolute atomic E-state index is 0.00160.